The van der Waals surface area contributed by atoms with Crippen molar-refractivity contribution in [2.45, 2.75) is 89.9 Å². The van der Waals surface area contributed by atoms with E-state index in [0.717, 1.165) is 40.9 Å². The number of fused-ring (bicyclic) bond motifs is 2. The first-order valence-corrected chi connectivity index (χ1v) is 18.5. The molecule has 9 heteroatoms. The average molecular weight is 631 g/mol. The van der Waals surface area contributed by atoms with Crippen molar-refractivity contribution in [1.82, 2.24) is 9.78 Å². The van der Waals surface area contributed by atoms with Crippen LogP contribution in [0.5, 0.6) is 11.5 Å². The number of carboxylic acids is 1. The molecule has 3 aromatic carbocycles. The Morgan fingerprint density at radius 3 is 2.20 bits per heavy atom. The van der Waals surface area contributed by atoms with Gasteiger partial charge < -0.3 is 23.7 Å². The third-order valence-corrected chi connectivity index (χ3v) is 14.0. The Labute approximate surface area is 267 Å². The van der Waals surface area contributed by atoms with E-state index in [1.165, 1.54) is 11.1 Å². The zero-order valence-electron chi connectivity index (χ0n) is 27.7. The molecule has 1 N–H and O–H groups in total. The molecule has 8 nitrogen and oxygen atoms in total. The number of benzene rings is 3. The van der Waals surface area contributed by atoms with Crippen LogP contribution in [0.1, 0.15) is 65.9 Å². The molecule has 0 saturated carbocycles. The SMILES string of the molecule is COc1cc([C@@H](O[Si](C)(C)C(C)(C)C)[C@H](CCn2cc3cccc(C(=O)O)c3n2)OC2Cc3ccccc3C2)cc(OC)c1C. The second kappa shape index (κ2) is 13.0. The molecule has 240 valence electrons. The van der Waals surface area contributed by atoms with Crippen molar-refractivity contribution in [3.05, 3.63) is 88.6 Å². The van der Waals surface area contributed by atoms with E-state index in [1.807, 2.05) is 23.9 Å². The Hall–Kier alpha value is -3.66. The molecular formula is C36H46N2O6Si. The van der Waals surface area contributed by atoms with Crippen LogP contribution in [0.2, 0.25) is 18.1 Å². The van der Waals surface area contributed by atoms with Gasteiger partial charge in [0.2, 0.25) is 0 Å². The van der Waals surface area contributed by atoms with Gasteiger partial charge in [-0.05, 0) is 79.2 Å². The van der Waals surface area contributed by atoms with Crippen LogP contribution in [0, 0.1) is 6.92 Å². The highest BCUT2D eigenvalue weighted by molar-refractivity contribution is 6.74. The van der Waals surface area contributed by atoms with E-state index in [9.17, 15) is 9.90 Å². The topological polar surface area (TPSA) is 92.0 Å². The van der Waals surface area contributed by atoms with Crippen LogP contribution in [-0.2, 0) is 28.5 Å². The Balaban J connectivity index is 1.55. The monoisotopic (exact) mass is 630 g/mol. The van der Waals surface area contributed by atoms with Gasteiger partial charge in [-0.15, -0.1) is 0 Å². The van der Waals surface area contributed by atoms with Gasteiger partial charge in [0, 0.05) is 23.7 Å². The van der Waals surface area contributed by atoms with Gasteiger partial charge in [0.05, 0.1) is 38.1 Å². The fourth-order valence-corrected chi connectivity index (χ4v) is 7.19. The van der Waals surface area contributed by atoms with Crippen LogP contribution >= 0.6 is 0 Å². The van der Waals surface area contributed by atoms with Crippen molar-refractivity contribution >= 4 is 25.2 Å². The van der Waals surface area contributed by atoms with Crippen molar-refractivity contribution in [1.29, 1.82) is 0 Å². The van der Waals surface area contributed by atoms with Crippen LogP contribution in [0.4, 0.5) is 0 Å². The third-order valence-electron chi connectivity index (χ3n) is 9.51. The second-order valence-electron chi connectivity index (χ2n) is 13.6. The molecule has 0 aliphatic heterocycles. The molecule has 4 aromatic rings. The summed E-state index contributed by atoms with van der Waals surface area (Å²) in [6.45, 7) is 13.8. The van der Waals surface area contributed by atoms with Crippen LogP contribution in [0.3, 0.4) is 0 Å². The predicted octanol–water partition coefficient (Wildman–Crippen LogP) is 7.77. The van der Waals surface area contributed by atoms with Gasteiger partial charge in [-0.1, -0.05) is 57.2 Å². The molecule has 0 radical (unpaired) electrons. The first-order chi connectivity index (χ1) is 21.3. The van der Waals surface area contributed by atoms with E-state index in [2.05, 4.69) is 70.3 Å². The van der Waals surface area contributed by atoms with E-state index in [4.69, 9.17) is 23.7 Å². The summed E-state index contributed by atoms with van der Waals surface area (Å²) in [5.41, 5.74) is 5.19. The van der Waals surface area contributed by atoms with Crippen LogP contribution in [0.25, 0.3) is 10.9 Å². The lowest BCUT2D eigenvalue weighted by Crippen LogP contribution is -2.45. The molecule has 0 spiro atoms. The standard InChI is InChI=1S/C36H46N2O6Si/c1-23-31(41-5)20-27(21-32(23)42-6)34(44-45(7,8)36(2,3)4)30(43-28-18-24-12-9-10-13-25(24)19-28)16-17-38-22-26-14-11-15-29(35(39)40)33(26)37-38/h9-15,20-22,28,30,34H,16-19H2,1-8H3,(H,39,40)/t30-,34+/m0/s1. The number of carbonyl (C=O) groups is 1. The lowest BCUT2D eigenvalue weighted by molar-refractivity contribution is -0.0755. The molecule has 5 rings (SSSR count). The van der Waals surface area contributed by atoms with Crippen molar-refractivity contribution in [3.8, 4) is 11.5 Å². The molecule has 2 atom stereocenters. The first kappa shape index (κ1) is 32.7. The van der Waals surface area contributed by atoms with E-state index >= 15 is 0 Å². The molecule has 0 bridgehead atoms. The Morgan fingerprint density at radius 2 is 1.64 bits per heavy atom. The van der Waals surface area contributed by atoms with Crippen molar-refractivity contribution in [3.63, 3.8) is 0 Å². The summed E-state index contributed by atoms with van der Waals surface area (Å²) in [6.07, 6.45) is 3.45. The van der Waals surface area contributed by atoms with Gasteiger partial charge in [-0.2, -0.15) is 5.10 Å². The highest BCUT2D eigenvalue weighted by atomic mass is 28.4. The molecule has 45 heavy (non-hydrogen) atoms. The zero-order valence-corrected chi connectivity index (χ0v) is 28.7. The van der Waals surface area contributed by atoms with Gasteiger partial charge in [0.25, 0.3) is 0 Å². The molecular weight excluding hydrogens is 584 g/mol. The minimum atomic E-state index is -2.31. The number of aryl methyl sites for hydroxylation is 1. The number of nitrogens with zero attached hydrogens (tertiary/aromatic N) is 2. The van der Waals surface area contributed by atoms with E-state index in [0.29, 0.717) is 18.5 Å². The number of hydrogen-bond donors (Lipinski definition) is 1. The fourth-order valence-electron chi connectivity index (χ4n) is 5.92. The normalized spacial score (nSPS) is 15.2. The largest absolute Gasteiger partial charge is 0.496 e. The lowest BCUT2D eigenvalue weighted by Gasteiger charge is -2.42. The predicted molar refractivity (Wildman–Crippen MR) is 179 cm³/mol. The van der Waals surface area contributed by atoms with Gasteiger partial charge in [-0.3, -0.25) is 4.68 Å². The summed E-state index contributed by atoms with van der Waals surface area (Å²) in [5.74, 6) is 0.484. The van der Waals surface area contributed by atoms with Crippen LogP contribution in [-0.4, -0.2) is 55.6 Å². The second-order valence-corrected chi connectivity index (χ2v) is 18.3. The van der Waals surface area contributed by atoms with Gasteiger partial charge in [0.15, 0.2) is 8.32 Å². The molecule has 1 aromatic heterocycles. The Kier molecular flexibility index (Phi) is 9.44. The summed E-state index contributed by atoms with van der Waals surface area (Å²) in [7, 11) is 1.04. The van der Waals surface area contributed by atoms with Crippen molar-refractivity contribution in [2.75, 3.05) is 14.2 Å². The van der Waals surface area contributed by atoms with Gasteiger partial charge >= 0.3 is 5.97 Å². The van der Waals surface area contributed by atoms with Crippen LogP contribution in [0.15, 0.2) is 60.8 Å². The number of aromatic nitrogens is 2. The molecule has 1 heterocycles. The summed E-state index contributed by atoms with van der Waals surface area (Å²) < 4.78 is 27.8. The quantitative estimate of drug-likeness (QED) is 0.160. The number of carboxylic acid groups (broad SMARTS) is 1. The maximum absolute atomic E-state index is 11.9. The number of hydrogen-bond acceptors (Lipinski definition) is 6. The summed E-state index contributed by atoms with van der Waals surface area (Å²) in [4.78, 5) is 11.9. The summed E-state index contributed by atoms with van der Waals surface area (Å²) >= 11 is 0. The lowest BCUT2D eigenvalue weighted by atomic mass is 9.99. The fraction of sp³-hybridized carbons (Fsp3) is 0.444. The Bertz CT molecular complexity index is 1620. The first-order valence-electron chi connectivity index (χ1n) is 15.6. The van der Waals surface area contributed by atoms with E-state index in [-0.39, 0.29) is 22.8 Å². The summed E-state index contributed by atoms with van der Waals surface area (Å²) in [6, 6.07) is 17.9. The molecule has 1 aliphatic rings. The summed E-state index contributed by atoms with van der Waals surface area (Å²) in [5, 5.41) is 15.2. The van der Waals surface area contributed by atoms with Gasteiger partial charge in [0.1, 0.15) is 17.0 Å². The number of rotatable bonds is 12. The molecule has 0 amide bonds. The minimum Gasteiger partial charge on any atom is -0.496 e. The number of methoxy groups -OCH3 is 2. The zero-order chi connectivity index (χ0) is 32.5. The molecule has 0 fully saturated rings. The molecule has 0 saturated heterocycles. The molecule has 1 aliphatic carbocycles. The smallest absolute Gasteiger partial charge is 0.337 e. The minimum absolute atomic E-state index is 0.00228. The van der Waals surface area contributed by atoms with Gasteiger partial charge in [-0.25, -0.2) is 4.79 Å². The Morgan fingerprint density at radius 1 is 1.02 bits per heavy atom. The van der Waals surface area contributed by atoms with Crippen molar-refractivity contribution < 1.29 is 28.5 Å². The average Bonchev–Trinajstić information content (AvgIpc) is 3.61. The number of ether oxygens (including phenoxy) is 3. The number of aromatic carboxylic acids is 1. The maximum atomic E-state index is 11.9. The highest BCUT2D eigenvalue weighted by Crippen LogP contribution is 2.44. The third kappa shape index (κ3) is 6.95. The molecule has 0 unspecified atom stereocenters. The van der Waals surface area contributed by atoms with E-state index in [1.54, 1.807) is 26.4 Å². The van der Waals surface area contributed by atoms with Crippen molar-refractivity contribution in [2.24, 2.45) is 0 Å². The maximum Gasteiger partial charge on any atom is 0.337 e. The van der Waals surface area contributed by atoms with Crippen LogP contribution < -0.4 is 9.47 Å². The highest BCUT2D eigenvalue weighted by Gasteiger charge is 2.42. The van der Waals surface area contributed by atoms with E-state index < -0.39 is 20.4 Å².